The van der Waals surface area contributed by atoms with Gasteiger partial charge in [0.05, 0.1) is 4.47 Å². The number of carbonyl (C=O) groups excluding carboxylic acids is 2. The van der Waals surface area contributed by atoms with Gasteiger partial charge in [-0.05, 0) is 78.5 Å². The van der Waals surface area contributed by atoms with Crippen LogP contribution in [0.3, 0.4) is 0 Å². The lowest BCUT2D eigenvalue weighted by molar-refractivity contribution is -0.142. The summed E-state index contributed by atoms with van der Waals surface area (Å²) in [5.41, 5.74) is 2.11. The van der Waals surface area contributed by atoms with Gasteiger partial charge in [0.25, 0.3) is 5.91 Å². The maximum absolute atomic E-state index is 13.1. The smallest absolute Gasteiger partial charge is 0.261 e. The third kappa shape index (κ3) is 7.13. The number of benzene rings is 2. The van der Waals surface area contributed by atoms with E-state index in [1.807, 2.05) is 56.3 Å². The van der Waals surface area contributed by atoms with Gasteiger partial charge in [-0.2, -0.15) is 0 Å². The average Bonchev–Trinajstić information content (AvgIpc) is 2.71. The van der Waals surface area contributed by atoms with Gasteiger partial charge in [-0.25, -0.2) is 0 Å². The Labute approximate surface area is 195 Å². The minimum Gasteiger partial charge on any atom is -0.483 e. The highest BCUT2D eigenvalue weighted by molar-refractivity contribution is 9.10. The molecule has 0 aliphatic carbocycles. The van der Waals surface area contributed by atoms with E-state index in [-0.39, 0.29) is 24.5 Å². The zero-order chi connectivity index (χ0) is 22.3. The summed E-state index contributed by atoms with van der Waals surface area (Å²) in [7, 11) is 0. The predicted octanol–water partition coefficient (Wildman–Crippen LogP) is 5.09. The van der Waals surface area contributed by atoms with Crippen molar-refractivity contribution in [1.29, 1.82) is 0 Å². The summed E-state index contributed by atoms with van der Waals surface area (Å²) in [6, 6.07) is 12.9. The van der Waals surface area contributed by atoms with E-state index in [2.05, 4.69) is 44.1 Å². The normalized spacial score (nSPS) is 11.8. The van der Waals surface area contributed by atoms with Crippen LogP contribution in [0.5, 0.6) is 5.75 Å². The summed E-state index contributed by atoms with van der Waals surface area (Å²) in [5, 5.41) is 2.88. The Bertz CT molecular complexity index is 869. The molecular weight excluding hydrogens is 512 g/mol. The fourth-order valence-electron chi connectivity index (χ4n) is 2.88. The third-order valence-corrected chi connectivity index (χ3v) is 5.77. The number of halogens is 2. The number of nitrogens with one attached hydrogen (secondary N) is 1. The van der Waals surface area contributed by atoms with Crippen LogP contribution in [-0.4, -0.2) is 35.4 Å². The van der Waals surface area contributed by atoms with E-state index in [0.29, 0.717) is 12.3 Å². The molecule has 1 N–H and O–H groups in total. The molecule has 0 heterocycles. The fraction of sp³-hybridized carbons (Fsp3) is 0.391. The van der Waals surface area contributed by atoms with Crippen LogP contribution in [0.4, 0.5) is 0 Å². The summed E-state index contributed by atoms with van der Waals surface area (Å²) in [5.74, 6) is 0.156. The molecule has 2 aromatic carbocycles. The van der Waals surface area contributed by atoms with Gasteiger partial charge in [-0.1, -0.05) is 41.1 Å². The van der Waals surface area contributed by atoms with Crippen molar-refractivity contribution in [3.8, 4) is 5.75 Å². The predicted molar refractivity (Wildman–Crippen MR) is 126 cm³/mol. The van der Waals surface area contributed by atoms with E-state index < -0.39 is 6.04 Å². The molecule has 0 bridgehead atoms. The highest BCUT2D eigenvalue weighted by atomic mass is 79.9. The lowest BCUT2D eigenvalue weighted by atomic mass is 10.1. The number of amides is 2. The van der Waals surface area contributed by atoms with E-state index in [9.17, 15) is 9.59 Å². The second kappa shape index (κ2) is 11.5. The second-order valence-corrected chi connectivity index (χ2v) is 9.16. The van der Waals surface area contributed by atoms with Crippen LogP contribution in [0.15, 0.2) is 51.4 Å². The quantitative estimate of drug-likeness (QED) is 0.482. The van der Waals surface area contributed by atoms with Crippen LogP contribution in [0.2, 0.25) is 0 Å². The molecule has 7 heteroatoms. The van der Waals surface area contributed by atoms with E-state index in [1.54, 1.807) is 11.8 Å². The SMILES string of the molecule is CCc1ccc(OCC(=O)N(Cc2ccc(Br)cc2)C(C)C(=O)NC(C)C)c(Br)c1. The molecule has 2 amide bonds. The van der Waals surface area contributed by atoms with Crippen molar-refractivity contribution >= 4 is 43.7 Å². The molecule has 0 aliphatic heterocycles. The Hall–Kier alpha value is -1.86. The van der Waals surface area contributed by atoms with Gasteiger partial charge in [0.2, 0.25) is 5.91 Å². The van der Waals surface area contributed by atoms with E-state index in [0.717, 1.165) is 20.9 Å². The van der Waals surface area contributed by atoms with Crippen LogP contribution in [0.25, 0.3) is 0 Å². The first kappa shape index (κ1) is 24.4. The number of nitrogens with zero attached hydrogens (tertiary/aromatic N) is 1. The monoisotopic (exact) mass is 538 g/mol. The molecule has 30 heavy (non-hydrogen) atoms. The van der Waals surface area contributed by atoms with Crippen LogP contribution in [-0.2, 0) is 22.6 Å². The Morgan fingerprint density at radius 3 is 2.23 bits per heavy atom. The van der Waals surface area contributed by atoms with Gasteiger partial charge in [0.1, 0.15) is 11.8 Å². The molecule has 0 aliphatic rings. The van der Waals surface area contributed by atoms with Crippen LogP contribution >= 0.6 is 31.9 Å². The zero-order valence-corrected chi connectivity index (χ0v) is 20.9. The average molecular weight is 540 g/mol. The molecule has 2 rings (SSSR count). The summed E-state index contributed by atoms with van der Waals surface area (Å²) >= 11 is 6.91. The first-order chi connectivity index (χ1) is 14.2. The highest BCUT2D eigenvalue weighted by Gasteiger charge is 2.27. The van der Waals surface area contributed by atoms with Gasteiger partial charge < -0.3 is 15.0 Å². The number of hydrogen-bond acceptors (Lipinski definition) is 3. The van der Waals surface area contributed by atoms with Crippen LogP contribution in [0, 0.1) is 0 Å². The maximum atomic E-state index is 13.1. The third-order valence-electron chi connectivity index (χ3n) is 4.62. The molecule has 0 saturated carbocycles. The Balaban J connectivity index is 2.16. The summed E-state index contributed by atoms with van der Waals surface area (Å²) in [4.78, 5) is 27.2. The van der Waals surface area contributed by atoms with Gasteiger partial charge in [-0.15, -0.1) is 0 Å². The number of hydrogen-bond donors (Lipinski definition) is 1. The van der Waals surface area contributed by atoms with E-state index >= 15 is 0 Å². The topological polar surface area (TPSA) is 58.6 Å². The van der Waals surface area contributed by atoms with E-state index in [1.165, 1.54) is 5.56 Å². The van der Waals surface area contributed by atoms with Crippen molar-refractivity contribution < 1.29 is 14.3 Å². The molecule has 0 radical (unpaired) electrons. The van der Waals surface area contributed by atoms with Gasteiger partial charge in [0.15, 0.2) is 6.61 Å². The van der Waals surface area contributed by atoms with Crippen molar-refractivity contribution in [2.45, 2.75) is 52.7 Å². The van der Waals surface area contributed by atoms with Crippen LogP contribution < -0.4 is 10.1 Å². The fourth-order valence-corrected chi connectivity index (χ4v) is 3.68. The lowest BCUT2D eigenvalue weighted by Crippen LogP contribution is -2.50. The van der Waals surface area contributed by atoms with Crippen molar-refractivity contribution in [3.05, 3.63) is 62.5 Å². The molecule has 162 valence electrons. The molecule has 0 spiro atoms. The maximum Gasteiger partial charge on any atom is 0.261 e. The minimum atomic E-state index is -0.627. The van der Waals surface area contributed by atoms with Crippen LogP contribution in [0.1, 0.15) is 38.8 Å². The minimum absolute atomic E-state index is 0.00568. The van der Waals surface area contributed by atoms with Crippen molar-refractivity contribution in [2.75, 3.05) is 6.61 Å². The van der Waals surface area contributed by atoms with Crippen molar-refractivity contribution in [1.82, 2.24) is 10.2 Å². The Morgan fingerprint density at radius 1 is 1.03 bits per heavy atom. The number of aryl methyl sites for hydroxylation is 1. The first-order valence-electron chi connectivity index (χ1n) is 9.96. The molecule has 0 saturated heterocycles. The van der Waals surface area contributed by atoms with E-state index in [4.69, 9.17) is 4.74 Å². The molecule has 1 unspecified atom stereocenters. The van der Waals surface area contributed by atoms with Gasteiger partial charge >= 0.3 is 0 Å². The number of rotatable bonds is 9. The molecule has 1 atom stereocenters. The van der Waals surface area contributed by atoms with Gasteiger partial charge in [-0.3, -0.25) is 9.59 Å². The zero-order valence-electron chi connectivity index (χ0n) is 17.7. The number of carbonyl (C=O) groups is 2. The first-order valence-corrected chi connectivity index (χ1v) is 11.5. The number of ether oxygens (including phenoxy) is 1. The molecule has 5 nitrogen and oxygen atoms in total. The largest absolute Gasteiger partial charge is 0.483 e. The summed E-state index contributed by atoms with van der Waals surface area (Å²) in [6.07, 6.45) is 0.918. The summed E-state index contributed by atoms with van der Waals surface area (Å²) in [6.45, 7) is 7.77. The van der Waals surface area contributed by atoms with Crippen molar-refractivity contribution in [3.63, 3.8) is 0 Å². The van der Waals surface area contributed by atoms with Gasteiger partial charge in [0, 0.05) is 17.1 Å². The molecule has 2 aromatic rings. The Morgan fingerprint density at radius 2 is 1.67 bits per heavy atom. The highest BCUT2D eigenvalue weighted by Crippen LogP contribution is 2.26. The lowest BCUT2D eigenvalue weighted by Gasteiger charge is -2.29. The molecule has 0 aromatic heterocycles. The standard InChI is InChI=1S/C23H28Br2N2O3/c1-5-17-8-11-21(20(25)12-17)30-14-22(28)27(16(4)23(29)26-15(2)3)13-18-6-9-19(24)10-7-18/h6-12,15-16H,5,13-14H2,1-4H3,(H,26,29). The van der Waals surface area contributed by atoms with Crippen molar-refractivity contribution in [2.24, 2.45) is 0 Å². The molecular formula is C23H28Br2N2O3. The molecule has 0 fully saturated rings. The summed E-state index contributed by atoms with van der Waals surface area (Å²) < 4.78 is 7.53. The Kier molecular flexibility index (Phi) is 9.37. The second-order valence-electron chi connectivity index (χ2n) is 7.39.